The van der Waals surface area contributed by atoms with Gasteiger partial charge in [0.15, 0.2) is 0 Å². The van der Waals surface area contributed by atoms with Crippen molar-refractivity contribution in [2.75, 3.05) is 11.5 Å². The highest BCUT2D eigenvalue weighted by molar-refractivity contribution is 7.99. The van der Waals surface area contributed by atoms with Crippen molar-refractivity contribution in [1.82, 2.24) is 4.57 Å². The number of pyridine rings is 1. The minimum atomic E-state index is -4.57. The van der Waals surface area contributed by atoms with Crippen molar-refractivity contribution in [3.8, 4) is 11.1 Å². The lowest BCUT2D eigenvalue weighted by atomic mass is 9.92. The number of rotatable bonds is 4. The van der Waals surface area contributed by atoms with E-state index in [4.69, 9.17) is 5.73 Å². The minimum Gasteiger partial charge on any atom is -0.480 e. The smallest absolute Gasteiger partial charge is 0.416 e. The molecule has 3 N–H and O–H groups in total. The zero-order chi connectivity index (χ0) is 24.9. The first-order valence-electron chi connectivity index (χ1n) is 10.7. The molecule has 5 rings (SSSR count). The van der Waals surface area contributed by atoms with Crippen LogP contribution in [0.1, 0.15) is 22.7 Å². The van der Waals surface area contributed by atoms with Gasteiger partial charge in [-0.25, -0.2) is 4.79 Å². The van der Waals surface area contributed by atoms with Gasteiger partial charge < -0.3 is 10.8 Å². The molecular weight excluding hydrogens is 477 g/mol. The Kier molecular flexibility index (Phi) is 5.59. The Morgan fingerprint density at radius 1 is 1.09 bits per heavy atom. The Hall–Kier alpha value is -3.72. The summed E-state index contributed by atoms with van der Waals surface area (Å²) < 4.78 is 41.7. The molecule has 0 unspecified atom stereocenters. The van der Waals surface area contributed by atoms with Crippen molar-refractivity contribution in [3.63, 3.8) is 0 Å². The van der Waals surface area contributed by atoms with Gasteiger partial charge in [-0.3, -0.25) is 9.36 Å². The Morgan fingerprint density at radius 3 is 2.54 bits per heavy atom. The van der Waals surface area contributed by atoms with E-state index < -0.39 is 29.3 Å². The van der Waals surface area contributed by atoms with Crippen LogP contribution in [-0.2, 0) is 17.4 Å². The number of nitrogens with two attached hydrogens (primary N) is 1. The van der Waals surface area contributed by atoms with Crippen LogP contribution in [-0.4, -0.2) is 21.4 Å². The molecule has 1 aliphatic heterocycles. The number of carboxylic acid groups (broad SMARTS) is 1. The van der Waals surface area contributed by atoms with Crippen LogP contribution < -0.4 is 11.3 Å². The number of anilines is 1. The Bertz CT molecular complexity index is 1540. The molecule has 3 aromatic carbocycles. The second-order valence-corrected chi connectivity index (χ2v) is 9.31. The van der Waals surface area contributed by atoms with Gasteiger partial charge in [-0.1, -0.05) is 54.6 Å². The summed E-state index contributed by atoms with van der Waals surface area (Å²) in [6.45, 7) is 0. The summed E-state index contributed by atoms with van der Waals surface area (Å²) in [5.41, 5.74) is 6.48. The third-order valence-corrected chi connectivity index (χ3v) is 7.37. The zero-order valence-electron chi connectivity index (χ0n) is 18.2. The number of aromatic nitrogens is 1. The summed E-state index contributed by atoms with van der Waals surface area (Å²) in [5.74, 6) is -1.12. The normalized spacial score (nSPS) is 15.3. The maximum atomic E-state index is 13.5. The summed E-state index contributed by atoms with van der Waals surface area (Å²) in [7, 11) is 0. The number of halogens is 3. The Labute approximate surface area is 202 Å². The number of carboxylic acids is 1. The molecule has 5 nitrogen and oxygen atoms in total. The summed E-state index contributed by atoms with van der Waals surface area (Å²) in [6, 6.07) is 17.0. The highest BCUT2D eigenvalue weighted by atomic mass is 32.2. The second-order valence-electron chi connectivity index (χ2n) is 8.31. The van der Waals surface area contributed by atoms with Crippen LogP contribution in [0.25, 0.3) is 21.9 Å². The highest BCUT2D eigenvalue weighted by Crippen LogP contribution is 2.44. The zero-order valence-corrected chi connectivity index (χ0v) is 19.0. The third kappa shape index (κ3) is 3.95. The molecule has 0 aliphatic carbocycles. The number of thioether (sulfide) groups is 1. The number of nitrogens with zero attached hydrogens (tertiary/aromatic N) is 1. The van der Waals surface area contributed by atoms with Gasteiger partial charge in [0.05, 0.1) is 10.6 Å². The molecule has 4 aromatic rings. The van der Waals surface area contributed by atoms with Crippen molar-refractivity contribution in [3.05, 3.63) is 93.8 Å². The number of hydrogen-bond donors (Lipinski definition) is 2. The van der Waals surface area contributed by atoms with Crippen LogP contribution in [0.15, 0.2) is 76.6 Å². The molecule has 1 aromatic heterocycles. The lowest BCUT2D eigenvalue weighted by Crippen LogP contribution is -2.31. The molecule has 35 heavy (non-hydrogen) atoms. The molecule has 0 spiro atoms. The van der Waals surface area contributed by atoms with E-state index >= 15 is 0 Å². The van der Waals surface area contributed by atoms with Gasteiger partial charge in [0.1, 0.15) is 11.7 Å². The van der Waals surface area contributed by atoms with Crippen LogP contribution >= 0.6 is 11.8 Å². The van der Waals surface area contributed by atoms with Crippen molar-refractivity contribution in [1.29, 1.82) is 0 Å². The van der Waals surface area contributed by atoms with Crippen LogP contribution in [0.2, 0.25) is 0 Å². The Morgan fingerprint density at radius 2 is 1.80 bits per heavy atom. The summed E-state index contributed by atoms with van der Waals surface area (Å²) >= 11 is 1.14. The van der Waals surface area contributed by atoms with E-state index in [0.29, 0.717) is 16.2 Å². The van der Waals surface area contributed by atoms with Crippen molar-refractivity contribution >= 4 is 34.2 Å². The van der Waals surface area contributed by atoms with Gasteiger partial charge >= 0.3 is 12.1 Å². The third-order valence-electron chi connectivity index (χ3n) is 6.21. The van der Waals surface area contributed by atoms with Gasteiger partial charge in [-0.2, -0.15) is 13.2 Å². The standard InChI is InChI=1S/C26H19F3N2O3S/c27-26(28,29)17-9-4-8-16(11-17)21-19(12-15-7-3-6-14-5-1-2-10-18(14)15)22(30)23(32)31-20(25(33)34)13-35-24(21)31/h1-11,20H,12-13,30H2,(H,33,34)/t20-/m0/s1. The van der Waals surface area contributed by atoms with Gasteiger partial charge in [-0.05, 0) is 39.6 Å². The highest BCUT2D eigenvalue weighted by Gasteiger charge is 2.36. The van der Waals surface area contributed by atoms with Crippen molar-refractivity contribution in [2.45, 2.75) is 23.7 Å². The molecule has 0 saturated carbocycles. The quantitative estimate of drug-likeness (QED) is 0.385. The summed E-state index contributed by atoms with van der Waals surface area (Å²) in [4.78, 5) is 25.1. The van der Waals surface area contributed by atoms with E-state index in [9.17, 15) is 27.9 Å². The number of nitrogen functional groups attached to an aromatic ring is 1. The van der Waals surface area contributed by atoms with Crippen LogP contribution in [0.3, 0.4) is 0 Å². The molecule has 1 aliphatic rings. The van der Waals surface area contributed by atoms with E-state index in [1.165, 1.54) is 12.1 Å². The van der Waals surface area contributed by atoms with Crippen LogP contribution in [0.5, 0.6) is 0 Å². The first-order chi connectivity index (χ1) is 16.7. The molecule has 178 valence electrons. The molecule has 2 heterocycles. The van der Waals surface area contributed by atoms with E-state index in [2.05, 4.69) is 0 Å². The predicted molar refractivity (Wildman–Crippen MR) is 130 cm³/mol. The largest absolute Gasteiger partial charge is 0.480 e. The lowest BCUT2D eigenvalue weighted by molar-refractivity contribution is -0.140. The average molecular weight is 497 g/mol. The molecule has 0 fully saturated rings. The average Bonchev–Trinajstić information content (AvgIpc) is 3.27. The van der Waals surface area contributed by atoms with Gasteiger partial charge in [0, 0.05) is 17.7 Å². The van der Waals surface area contributed by atoms with Gasteiger partial charge in [-0.15, -0.1) is 11.8 Å². The Balaban J connectivity index is 1.80. The number of benzene rings is 3. The summed E-state index contributed by atoms with van der Waals surface area (Å²) in [5, 5.41) is 11.9. The molecule has 0 radical (unpaired) electrons. The number of carbonyl (C=O) groups is 1. The van der Waals surface area contributed by atoms with Gasteiger partial charge in [0.2, 0.25) is 0 Å². The SMILES string of the molecule is Nc1c(Cc2cccc3ccccc23)c(-c2cccc(C(F)(F)F)c2)c2n(c1=O)[C@H](C(=O)O)CS2. The summed E-state index contributed by atoms with van der Waals surface area (Å²) in [6.07, 6.45) is -4.37. The number of hydrogen-bond acceptors (Lipinski definition) is 4. The van der Waals surface area contributed by atoms with Gasteiger partial charge in [0.25, 0.3) is 5.56 Å². The maximum Gasteiger partial charge on any atom is 0.416 e. The molecule has 0 amide bonds. The molecule has 9 heteroatoms. The number of aliphatic carboxylic acids is 1. The topological polar surface area (TPSA) is 85.3 Å². The van der Waals surface area contributed by atoms with E-state index in [-0.39, 0.29) is 23.4 Å². The maximum absolute atomic E-state index is 13.5. The number of alkyl halides is 3. The fourth-order valence-electron chi connectivity index (χ4n) is 4.54. The lowest BCUT2D eigenvalue weighted by Gasteiger charge is -2.20. The van der Waals surface area contributed by atoms with E-state index in [0.717, 1.165) is 44.8 Å². The van der Waals surface area contributed by atoms with Crippen LogP contribution in [0, 0.1) is 0 Å². The van der Waals surface area contributed by atoms with E-state index in [1.807, 2.05) is 42.5 Å². The van der Waals surface area contributed by atoms with Crippen LogP contribution in [0.4, 0.5) is 18.9 Å². The fraction of sp³-hybridized carbons (Fsp3) is 0.154. The fourth-order valence-corrected chi connectivity index (χ4v) is 5.89. The number of fused-ring (bicyclic) bond motifs is 2. The van der Waals surface area contributed by atoms with Crippen molar-refractivity contribution < 1.29 is 23.1 Å². The molecule has 0 saturated heterocycles. The minimum absolute atomic E-state index is 0.0771. The molecular formula is C26H19F3N2O3S. The van der Waals surface area contributed by atoms with E-state index in [1.54, 1.807) is 0 Å². The molecule has 1 atom stereocenters. The predicted octanol–water partition coefficient (Wildman–Crippen LogP) is 5.59. The first-order valence-corrected chi connectivity index (χ1v) is 11.7. The monoisotopic (exact) mass is 496 g/mol. The molecule has 0 bridgehead atoms. The van der Waals surface area contributed by atoms with Crippen molar-refractivity contribution in [2.24, 2.45) is 0 Å². The second kappa shape index (κ2) is 8.49. The first kappa shape index (κ1) is 23.0.